The first-order chi connectivity index (χ1) is 12.4. The summed E-state index contributed by atoms with van der Waals surface area (Å²) in [4.78, 5) is 12.6. The summed E-state index contributed by atoms with van der Waals surface area (Å²) in [6.45, 7) is -0.180. The van der Waals surface area contributed by atoms with E-state index >= 15 is 0 Å². The smallest absolute Gasteiger partial charge is 0.241 e. The number of benzene rings is 2. The molecule has 26 heavy (non-hydrogen) atoms. The van der Waals surface area contributed by atoms with Crippen molar-refractivity contribution >= 4 is 32.4 Å². The summed E-state index contributed by atoms with van der Waals surface area (Å²) in [6.07, 6.45) is 5.82. The van der Waals surface area contributed by atoms with Crippen LogP contribution in [-0.4, -0.2) is 33.2 Å². The predicted molar refractivity (Wildman–Crippen MR) is 104 cm³/mol. The minimum absolute atomic E-state index is 0.180. The Hall–Kier alpha value is -2.08. The number of hydrogen-bond donors (Lipinski definition) is 1. The van der Waals surface area contributed by atoms with Crippen LogP contribution in [0, 0.1) is 11.8 Å². The van der Waals surface area contributed by atoms with Crippen molar-refractivity contribution < 1.29 is 13.2 Å². The molecule has 0 unspecified atom stereocenters. The fourth-order valence-electron chi connectivity index (χ4n) is 4.61. The third-order valence-corrected chi connectivity index (χ3v) is 6.93. The van der Waals surface area contributed by atoms with Gasteiger partial charge in [0.2, 0.25) is 15.9 Å². The minimum Gasteiger partial charge on any atom is -0.352 e. The molecule has 2 fully saturated rings. The van der Waals surface area contributed by atoms with Crippen LogP contribution in [-0.2, 0) is 14.8 Å². The van der Waals surface area contributed by atoms with E-state index in [1.807, 2.05) is 36.4 Å². The Balaban J connectivity index is 1.58. The Kier molecular flexibility index (Phi) is 4.39. The Morgan fingerprint density at radius 3 is 2.58 bits per heavy atom. The van der Waals surface area contributed by atoms with Crippen molar-refractivity contribution in [3.05, 3.63) is 42.5 Å². The fraction of sp³-hybridized carbons (Fsp3) is 0.450. The third-order valence-electron chi connectivity index (χ3n) is 5.81. The molecule has 1 amide bonds. The number of carbonyl (C=O) groups excluding carboxylic acids is 1. The van der Waals surface area contributed by atoms with Gasteiger partial charge in [-0.05, 0) is 42.6 Å². The van der Waals surface area contributed by atoms with Gasteiger partial charge in [-0.25, -0.2) is 8.42 Å². The summed E-state index contributed by atoms with van der Waals surface area (Å²) in [6, 6.07) is 13.3. The molecule has 0 spiro atoms. The van der Waals surface area contributed by atoms with Crippen LogP contribution in [0.25, 0.3) is 10.8 Å². The SMILES string of the molecule is CS(=O)(=O)N(CC(=O)N[C@@H]1C[C@H]2CC[C@H]1C2)c1cccc2ccccc12. The zero-order valence-corrected chi connectivity index (χ0v) is 15.7. The van der Waals surface area contributed by atoms with Crippen molar-refractivity contribution in [1.29, 1.82) is 0 Å². The second kappa shape index (κ2) is 6.58. The van der Waals surface area contributed by atoms with Crippen molar-refractivity contribution in [3.8, 4) is 0 Å². The van der Waals surface area contributed by atoms with Crippen LogP contribution in [0.3, 0.4) is 0 Å². The van der Waals surface area contributed by atoms with Crippen molar-refractivity contribution in [2.75, 3.05) is 17.1 Å². The zero-order valence-electron chi connectivity index (χ0n) is 14.9. The molecule has 6 heteroatoms. The summed E-state index contributed by atoms with van der Waals surface area (Å²) >= 11 is 0. The number of rotatable bonds is 5. The van der Waals surface area contributed by atoms with E-state index in [0.717, 1.165) is 29.4 Å². The molecular weight excluding hydrogens is 348 g/mol. The monoisotopic (exact) mass is 372 g/mol. The first-order valence-corrected chi connectivity index (χ1v) is 11.0. The van der Waals surface area contributed by atoms with Gasteiger partial charge in [-0.3, -0.25) is 9.10 Å². The third kappa shape index (κ3) is 3.30. The second-order valence-electron chi connectivity index (χ2n) is 7.62. The van der Waals surface area contributed by atoms with Gasteiger partial charge in [0.05, 0.1) is 11.9 Å². The molecule has 1 N–H and O–H groups in total. The molecule has 0 radical (unpaired) electrons. The second-order valence-corrected chi connectivity index (χ2v) is 9.52. The lowest BCUT2D eigenvalue weighted by molar-refractivity contribution is -0.120. The van der Waals surface area contributed by atoms with Crippen molar-refractivity contribution in [2.24, 2.45) is 11.8 Å². The Morgan fingerprint density at radius 2 is 1.88 bits per heavy atom. The molecule has 4 rings (SSSR count). The Bertz CT molecular complexity index is 936. The van der Waals surface area contributed by atoms with E-state index in [1.54, 1.807) is 6.07 Å². The van der Waals surface area contributed by atoms with Gasteiger partial charge >= 0.3 is 0 Å². The molecule has 0 saturated heterocycles. The molecule has 3 atom stereocenters. The van der Waals surface area contributed by atoms with Gasteiger partial charge in [-0.1, -0.05) is 42.8 Å². The molecule has 138 valence electrons. The maximum absolute atomic E-state index is 12.6. The van der Waals surface area contributed by atoms with Crippen LogP contribution < -0.4 is 9.62 Å². The number of fused-ring (bicyclic) bond motifs is 3. The van der Waals surface area contributed by atoms with E-state index in [9.17, 15) is 13.2 Å². The van der Waals surface area contributed by atoms with Gasteiger partial charge in [-0.15, -0.1) is 0 Å². The van der Waals surface area contributed by atoms with Crippen LogP contribution in [0.5, 0.6) is 0 Å². The van der Waals surface area contributed by atoms with E-state index in [2.05, 4.69) is 5.32 Å². The predicted octanol–water partition coefficient (Wildman–Crippen LogP) is 2.91. The van der Waals surface area contributed by atoms with Crippen molar-refractivity contribution in [1.82, 2.24) is 5.32 Å². The number of anilines is 1. The molecule has 2 aliphatic carbocycles. The quantitative estimate of drug-likeness (QED) is 0.878. The average molecular weight is 372 g/mol. The molecular formula is C20H24N2O3S. The summed E-state index contributed by atoms with van der Waals surface area (Å²) in [5.41, 5.74) is 0.550. The van der Waals surface area contributed by atoms with Crippen LogP contribution in [0.2, 0.25) is 0 Å². The Morgan fingerprint density at radius 1 is 1.12 bits per heavy atom. The van der Waals surface area contributed by atoms with Gasteiger partial charge in [-0.2, -0.15) is 0 Å². The number of nitrogens with zero attached hydrogens (tertiary/aromatic N) is 1. The summed E-state index contributed by atoms with van der Waals surface area (Å²) in [5.74, 6) is 1.07. The summed E-state index contributed by atoms with van der Waals surface area (Å²) < 4.78 is 26.1. The molecule has 2 aliphatic rings. The molecule has 2 saturated carbocycles. The number of sulfonamides is 1. The van der Waals surface area contributed by atoms with E-state index in [-0.39, 0.29) is 18.5 Å². The lowest BCUT2D eigenvalue weighted by Crippen LogP contribution is -2.45. The highest BCUT2D eigenvalue weighted by atomic mass is 32.2. The zero-order chi connectivity index (χ0) is 18.3. The topological polar surface area (TPSA) is 66.5 Å². The standard InChI is InChI=1S/C20H24N2O3S/c1-26(24,25)22(19-8-4-6-15-5-2-3-7-17(15)19)13-20(23)21-18-12-14-9-10-16(18)11-14/h2-8,14,16,18H,9-13H2,1H3,(H,21,23)/t14-,16-,18+/m0/s1. The highest BCUT2D eigenvalue weighted by molar-refractivity contribution is 7.92. The van der Waals surface area contributed by atoms with Gasteiger partial charge in [0.25, 0.3) is 0 Å². The first-order valence-electron chi connectivity index (χ1n) is 9.16. The van der Waals surface area contributed by atoms with E-state index in [4.69, 9.17) is 0 Å². The van der Waals surface area contributed by atoms with E-state index < -0.39 is 10.0 Å². The number of carbonyl (C=O) groups is 1. The van der Waals surface area contributed by atoms with Crippen LogP contribution in [0.15, 0.2) is 42.5 Å². The van der Waals surface area contributed by atoms with Crippen molar-refractivity contribution in [3.63, 3.8) is 0 Å². The minimum atomic E-state index is -3.58. The maximum atomic E-state index is 12.6. The number of nitrogens with one attached hydrogen (secondary N) is 1. The van der Waals surface area contributed by atoms with Crippen molar-refractivity contribution in [2.45, 2.75) is 31.7 Å². The molecule has 5 nitrogen and oxygen atoms in total. The molecule has 0 heterocycles. The summed E-state index contributed by atoms with van der Waals surface area (Å²) in [7, 11) is -3.58. The van der Waals surface area contributed by atoms with Crippen LogP contribution in [0.1, 0.15) is 25.7 Å². The van der Waals surface area contributed by atoms with E-state index in [0.29, 0.717) is 11.6 Å². The number of amides is 1. The normalized spacial score (nSPS) is 24.7. The molecule has 0 aliphatic heterocycles. The molecule has 2 aromatic rings. The largest absolute Gasteiger partial charge is 0.352 e. The molecule has 2 aromatic carbocycles. The maximum Gasteiger partial charge on any atom is 0.241 e. The molecule has 2 bridgehead atoms. The van der Waals surface area contributed by atoms with Gasteiger partial charge in [0, 0.05) is 11.4 Å². The highest BCUT2D eigenvalue weighted by Gasteiger charge is 2.40. The highest BCUT2D eigenvalue weighted by Crippen LogP contribution is 2.44. The lowest BCUT2D eigenvalue weighted by Gasteiger charge is -2.27. The van der Waals surface area contributed by atoms with Crippen LogP contribution in [0.4, 0.5) is 5.69 Å². The molecule has 0 aromatic heterocycles. The van der Waals surface area contributed by atoms with Gasteiger partial charge in [0.1, 0.15) is 6.54 Å². The summed E-state index contributed by atoms with van der Waals surface area (Å²) in [5, 5.41) is 4.86. The van der Waals surface area contributed by atoms with Crippen LogP contribution >= 0.6 is 0 Å². The average Bonchev–Trinajstić information content (AvgIpc) is 3.21. The first kappa shape index (κ1) is 17.3. The lowest BCUT2D eigenvalue weighted by atomic mass is 9.95. The fourth-order valence-corrected chi connectivity index (χ4v) is 5.48. The van der Waals surface area contributed by atoms with Gasteiger partial charge < -0.3 is 5.32 Å². The van der Waals surface area contributed by atoms with Gasteiger partial charge in [0.15, 0.2) is 0 Å². The number of hydrogen-bond acceptors (Lipinski definition) is 3. The Labute approximate surface area is 154 Å². The van der Waals surface area contributed by atoms with E-state index in [1.165, 1.54) is 23.6 Å².